The van der Waals surface area contributed by atoms with E-state index in [2.05, 4.69) is 41.4 Å². The quantitative estimate of drug-likeness (QED) is 0.820. The lowest BCUT2D eigenvalue weighted by Crippen LogP contribution is -2.23. The first-order valence-corrected chi connectivity index (χ1v) is 7.94. The van der Waals surface area contributed by atoms with Crippen LogP contribution in [0.2, 0.25) is 0 Å². The van der Waals surface area contributed by atoms with Crippen LogP contribution in [0.15, 0.2) is 4.79 Å². The van der Waals surface area contributed by atoms with E-state index in [1.807, 2.05) is 0 Å². The van der Waals surface area contributed by atoms with Crippen LogP contribution in [0.25, 0.3) is 0 Å². The summed E-state index contributed by atoms with van der Waals surface area (Å²) in [4.78, 5) is 19.7. The minimum absolute atomic E-state index is 0.0322. The fourth-order valence-electron chi connectivity index (χ4n) is 2.80. The van der Waals surface area contributed by atoms with Gasteiger partial charge in [0.1, 0.15) is 11.9 Å². The molecular weight excluding hydrogens is 355 g/mol. The maximum atomic E-state index is 12.1. The van der Waals surface area contributed by atoms with Gasteiger partial charge in [0.25, 0.3) is 5.56 Å². The third-order valence-electron chi connectivity index (χ3n) is 3.78. The van der Waals surface area contributed by atoms with Crippen molar-refractivity contribution < 1.29 is 4.74 Å². The average molecular weight is 376 g/mol. The Morgan fingerprint density at radius 1 is 1.37 bits per heavy atom. The fraction of sp³-hybridized carbons (Fsp3) is 0.714. The van der Waals surface area contributed by atoms with Crippen molar-refractivity contribution in [1.29, 1.82) is 0 Å². The van der Waals surface area contributed by atoms with E-state index in [9.17, 15) is 4.79 Å². The van der Waals surface area contributed by atoms with Gasteiger partial charge in [0.15, 0.2) is 0 Å². The van der Waals surface area contributed by atoms with Crippen LogP contribution in [0, 0.1) is 9.49 Å². The Kier molecular flexibility index (Phi) is 5.00. The second-order valence-corrected chi connectivity index (χ2v) is 6.61. The molecule has 1 N–H and O–H groups in total. The number of hydrogen-bond acceptors (Lipinski definition) is 3. The number of aromatic amines is 1. The van der Waals surface area contributed by atoms with Crippen LogP contribution in [-0.4, -0.2) is 17.1 Å². The molecule has 0 spiro atoms. The predicted molar refractivity (Wildman–Crippen MR) is 83.4 cm³/mol. The molecular formula is C14H21IN2O2. The van der Waals surface area contributed by atoms with Crippen molar-refractivity contribution in [1.82, 2.24) is 9.97 Å². The highest BCUT2D eigenvalue weighted by Crippen LogP contribution is 2.35. The summed E-state index contributed by atoms with van der Waals surface area (Å²) in [6.07, 6.45) is 4.62. The molecule has 0 aromatic carbocycles. The molecule has 1 aliphatic rings. The minimum Gasteiger partial charge on any atom is -0.373 e. The van der Waals surface area contributed by atoms with Gasteiger partial charge in [-0.25, -0.2) is 4.98 Å². The number of halogens is 1. The van der Waals surface area contributed by atoms with Gasteiger partial charge in [0.2, 0.25) is 0 Å². The molecule has 1 unspecified atom stereocenters. The van der Waals surface area contributed by atoms with Gasteiger partial charge in [-0.1, -0.05) is 26.7 Å². The van der Waals surface area contributed by atoms with E-state index in [0.29, 0.717) is 11.7 Å². The first-order chi connectivity index (χ1) is 9.04. The lowest BCUT2D eigenvalue weighted by Gasteiger charge is -2.20. The minimum atomic E-state index is -0.148. The van der Waals surface area contributed by atoms with Crippen LogP contribution < -0.4 is 5.56 Å². The number of nitrogens with zero attached hydrogens (tertiary/aromatic N) is 1. The van der Waals surface area contributed by atoms with Crippen LogP contribution in [-0.2, 0) is 4.74 Å². The molecule has 1 aliphatic carbocycles. The van der Waals surface area contributed by atoms with E-state index in [1.54, 1.807) is 7.11 Å². The highest BCUT2D eigenvalue weighted by molar-refractivity contribution is 14.1. The number of aromatic nitrogens is 2. The van der Waals surface area contributed by atoms with Crippen molar-refractivity contribution in [3.05, 3.63) is 25.4 Å². The van der Waals surface area contributed by atoms with Crippen LogP contribution in [0.4, 0.5) is 0 Å². The van der Waals surface area contributed by atoms with Gasteiger partial charge in [-0.15, -0.1) is 0 Å². The smallest absolute Gasteiger partial charge is 0.264 e. The molecule has 1 aromatic rings. The molecule has 1 aromatic heterocycles. The molecule has 0 bridgehead atoms. The number of methoxy groups -OCH3 is 1. The second kappa shape index (κ2) is 6.35. The van der Waals surface area contributed by atoms with Crippen molar-refractivity contribution in [2.45, 2.75) is 51.6 Å². The predicted octanol–water partition coefficient (Wildman–Crippen LogP) is 3.38. The summed E-state index contributed by atoms with van der Waals surface area (Å²) in [6.45, 7) is 4.14. The van der Waals surface area contributed by atoms with Crippen molar-refractivity contribution in [3.63, 3.8) is 0 Å². The molecule has 0 aliphatic heterocycles. The average Bonchev–Trinajstić information content (AvgIpc) is 2.87. The molecule has 0 saturated heterocycles. The molecule has 106 valence electrons. The van der Waals surface area contributed by atoms with Crippen LogP contribution in [0.3, 0.4) is 0 Å². The molecule has 1 heterocycles. The Labute approximate surface area is 127 Å². The number of rotatable bonds is 4. The second-order valence-electron chi connectivity index (χ2n) is 5.53. The van der Waals surface area contributed by atoms with Crippen LogP contribution >= 0.6 is 22.6 Å². The Morgan fingerprint density at radius 2 is 2.00 bits per heavy atom. The third kappa shape index (κ3) is 3.18. The van der Waals surface area contributed by atoms with Crippen molar-refractivity contribution >= 4 is 22.6 Å². The molecule has 1 saturated carbocycles. The van der Waals surface area contributed by atoms with Crippen molar-refractivity contribution in [3.8, 4) is 0 Å². The summed E-state index contributed by atoms with van der Waals surface area (Å²) in [6, 6.07) is 0. The zero-order valence-electron chi connectivity index (χ0n) is 11.7. The largest absolute Gasteiger partial charge is 0.373 e. The highest BCUT2D eigenvalue weighted by atomic mass is 127. The number of H-pyrrole nitrogens is 1. The normalized spacial score (nSPS) is 18.2. The zero-order valence-corrected chi connectivity index (χ0v) is 13.9. The summed E-state index contributed by atoms with van der Waals surface area (Å²) in [7, 11) is 1.66. The lowest BCUT2D eigenvalue weighted by atomic mass is 10.0. The molecule has 4 nitrogen and oxygen atoms in total. The first-order valence-electron chi connectivity index (χ1n) is 6.87. The maximum absolute atomic E-state index is 12.1. The molecule has 5 heteroatoms. The van der Waals surface area contributed by atoms with Gasteiger partial charge in [-0.3, -0.25) is 4.79 Å². The fourth-order valence-corrected chi connectivity index (χ4v) is 3.49. The summed E-state index contributed by atoms with van der Waals surface area (Å²) < 4.78 is 6.22. The molecule has 0 amide bonds. The third-order valence-corrected chi connectivity index (χ3v) is 4.82. The summed E-state index contributed by atoms with van der Waals surface area (Å²) in [5.74, 6) is 1.40. The van der Waals surface area contributed by atoms with E-state index in [-0.39, 0.29) is 17.6 Å². The van der Waals surface area contributed by atoms with E-state index >= 15 is 0 Å². The highest BCUT2D eigenvalue weighted by Gasteiger charge is 2.25. The number of nitrogens with one attached hydrogen (secondary N) is 1. The Balaban J connectivity index is 2.43. The zero-order chi connectivity index (χ0) is 14.0. The standard InChI is InChI=1S/C14H21IN2O2/c1-8(2)12(19-3)13-16-11(9-6-4-5-7-9)10(15)14(18)17-13/h8-9,12H,4-7H2,1-3H3,(H,16,17,18). The Hall–Kier alpha value is -0.430. The van der Waals surface area contributed by atoms with Crippen molar-refractivity contribution in [2.75, 3.05) is 7.11 Å². The summed E-state index contributed by atoms with van der Waals surface area (Å²) in [5, 5.41) is 0. The molecule has 2 rings (SSSR count). The van der Waals surface area contributed by atoms with Gasteiger partial charge < -0.3 is 9.72 Å². The molecule has 1 fully saturated rings. The molecule has 0 radical (unpaired) electrons. The van der Waals surface area contributed by atoms with Gasteiger partial charge in [0, 0.05) is 13.0 Å². The summed E-state index contributed by atoms with van der Waals surface area (Å²) in [5.41, 5.74) is 0.940. The van der Waals surface area contributed by atoms with E-state index in [0.717, 1.165) is 22.1 Å². The van der Waals surface area contributed by atoms with E-state index in [4.69, 9.17) is 9.72 Å². The SMILES string of the molecule is COC(c1nc(C2CCCC2)c(I)c(=O)[nH]1)C(C)C. The molecule has 1 atom stereocenters. The maximum Gasteiger partial charge on any atom is 0.264 e. The number of hydrogen-bond donors (Lipinski definition) is 1. The van der Waals surface area contributed by atoms with Crippen LogP contribution in [0.1, 0.15) is 63.1 Å². The number of ether oxygens (including phenoxy) is 1. The monoisotopic (exact) mass is 376 g/mol. The Bertz CT molecular complexity index is 493. The van der Waals surface area contributed by atoms with E-state index in [1.165, 1.54) is 12.8 Å². The summed E-state index contributed by atoms with van der Waals surface area (Å²) >= 11 is 2.12. The Morgan fingerprint density at radius 3 is 2.53 bits per heavy atom. The molecule has 19 heavy (non-hydrogen) atoms. The van der Waals surface area contributed by atoms with Gasteiger partial charge >= 0.3 is 0 Å². The van der Waals surface area contributed by atoms with Gasteiger partial charge in [-0.05, 0) is 41.4 Å². The van der Waals surface area contributed by atoms with Crippen molar-refractivity contribution in [2.24, 2.45) is 5.92 Å². The van der Waals surface area contributed by atoms with Crippen LogP contribution in [0.5, 0.6) is 0 Å². The lowest BCUT2D eigenvalue weighted by molar-refractivity contribution is 0.0569. The van der Waals surface area contributed by atoms with E-state index < -0.39 is 0 Å². The topological polar surface area (TPSA) is 55.0 Å². The van der Waals surface area contributed by atoms with Gasteiger partial charge in [0.05, 0.1) is 9.26 Å². The first kappa shape index (κ1) is 15.0. The van der Waals surface area contributed by atoms with Gasteiger partial charge in [-0.2, -0.15) is 0 Å².